The number of hydrogen-bond acceptors (Lipinski definition) is 5. The van der Waals surface area contributed by atoms with Crippen LogP contribution in [0.15, 0.2) is 47.4 Å². The molecule has 3 aromatic rings. The monoisotopic (exact) mass is 363 g/mol. The van der Waals surface area contributed by atoms with Gasteiger partial charge in [0.05, 0.1) is 29.0 Å². The fraction of sp³-hybridized carbons (Fsp3) is 0.350. The Bertz CT molecular complexity index is 1040. The van der Waals surface area contributed by atoms with Crippen molar-refractivity contribution in [1.82, 2.24) is 25.1 Å². The summed E-state index contributed by atoms with van der Waals surface area (Å²) in [5.41, 5.74) is 2.57. The van der Waals surface area contributed by atoms with E-state index in [1.54, 1.807) is 16.8 Å². The molecule has 2 aromatic heterocycles. The highest BCUT2D eigenvalue weighted by atomic mass is 16.2. The van der Waals surface area contributed by atoms with Gasteiger partial charge in [0.15, 0.2) is 0 Å². The summed E-state index contributed by atoms with van der Waals surface area (Å²) in [4.78, 5) is 33.3. The van der Waals surface area contributed by atoms with Crippen LogP contribution < -0.4 is 10.9 Å². The number of nitrogens with one attached hydrogen (secondary N) is 1. The number of nitrogens with zero attached hydrogens (tertiary/aromatic N) is 4. The SMILES string of the molecule is Cc1ccc(=O)n(C2CCC(NC(=O)c3cnc4ccccc4n3)CC2)n1. The van der Waals surface area contributed by atoms with E-state index in [1.807, 2.05) is 31.2 Å². The number of rotatable bonds is 3. The van der Waals surface area contributed by atoms with Crippen LogP contribution in [0.1, 0.15) is 47.9 Å². The molecule has 0 bridgehead atoms. The maximum Gasteiger partial charge on any atom is 0.271 e. The molecule has 0 radical (unpaired) electrons. The van der Waals surface area contributed by atoms with Crippen LogP contribution in [-0.2, 0) is 0 Å². The molecule has 0 saturated heterocycles. The Balaban J connectivity index is 1.40. The van der Waals surface area contributed by atoms with Gasteiger partial charge in [0.25, 0.3) is 11.5 Å². The number of amides is 1. The van der Waals surface area contributed by atoms with E-state index in [4.69, 9.17) is 0 Å². The van der Waals surface area contributed by atoms with Crippen LogP contribution in [0.2, 0.25) is 0 Å². The van der Waals surface area contributed by atoms with Crippen molar-refractivity contribution < 1.29 is 4.79 Å². The van der Waals surface area contributed by atoms with E-state index in [0.29, 0.717) is 11.2 Å². The van der Waals surface area contributed by atoms with Crippen LogP contribution in [0, 0.1) is 6.92 Å². The van der Waals surface area contributed by atoms with Crippen molar-refractivity contribution in [2.75, 3.05) is 0 Å². The number of para-hydroxylation sites is 2. The van der Waals surface area contributed by atoms with Crippen molar-refractivity contribution in [1.29, 1.82) is 0 Å². The average Bonchev–Trinajstić information content (AvgIpc) is 2.70. The van der Waals surface area contributed by atoms with Gasteiger partial charge in [-0.15, -0.1) is 0 Å². The van der Waals surface area contributed by atoms with E-state index in [1.165, 1.54) is 6.20 Å². The topological polar surface area (TPSA) is 89.8 Å². The van der Waals surface area contributed by atoms with Gasteiger partial charge in [-0.3, -0.25) is 14.6 Å². The molecule has 7 heteroatoms. The molecule has 1 aromatic carbocycles. The third-order valence-electron chi connectivity index (χ3n) is 5.02. The molecule has 2 heterocycles. The van der Waals surface area contributed by atoms with Crippen molar-refractivity contribution in [3.8, 4) is 0 Å². The fourth-order valence-corrected chi connectivity index (χ4v) is 3.57. The molecule has 138 valence electrons. The Hall–Kier alpha value is -3.09. The smallest absolute Gasteiger partial charge is 0.271 e. The van der Waals surface area contributed by atoms with E-state index in [2.05, 4.69) is 20.4 Å². The van der Waals surface area contributed by atoms with Gasteiger partial charge < -0.3 is 5.32 Å². The molecule has 0 atom stereocenters. The van der Waals surface area contributed by atoms with Crippen molar-refractivity contribution in [3.05, 3.63) is 64.3 Å². The predicted molar refractivity (Wildman–Crippen MR) is 102 cm³/mol. The van der Waals surface area contributed by atoms with Gasteiger partial charge in [-0.1, -0.05) is 12.1 Å². The van der Waals surface area contributed by atoms with Gasteiger partial charge in [-0.25, -0.2) is 9.67 Å². The molecule has 4 rings (SSSR count). The van der Waals surface area contributed by atoms with Crippen molar-refractivity contribution in [3.63, 3.8) is 0 Å². The lowest BCUT2D eigenvalue weighted by Gasteiger charge is -2.29. The number of carbonyl (C=O) groups is 1. The van der Waals surface area contributed by atoms with Gasteiger partial charge >= 0.3 is 0 Å². The summed E-state index contributed by atoms with van der Waals surface area (Å²) in [7, 11) is 0. The molecule has 0 unspecified atom stereocenters. The molecule has 0 aliphatic heterocycles. The Morgan fingerprint density at radius 3 is 2.59 bits per heavy atom. The lowest BCUT2D eigenvalue weighted by Crippen LogP contribution is -2.40. The highest BCUT2D eigenvalue weighted by Gasteiger charge is 2.25. The number of fused-ring (bicyclic) bond motifs is 1. The molecule has 27 heavy (non-hydrogen) atoms. The van der Waals surface area contributed by atoms with E-state index < -0.39 is 0 Å². The summed E-state index contributed by atoms with van der Waals surface area (Å²) in [5.74, 6) is -0.206. The minimum absolute atomic E-state index is 0.0699. The Morgan fingerprint density at radius 2 is 1.81 bits per heavy atom. The first-order chi connectivity index (χ1) is 13.1. The van der Waals surface area contributed by atoms with Gasteiger partial charge in [0.2, 0.25) is 0 Å². The van der Waals surface area contributed by atoms with Crippen LogP contribution in [0.25, 0.3) is 11.0 Å². The number of carbonyl (C=O) groups excluding carboxylic acids is 1. The summed E-state index contributed by atoms with van der Waals surface area (Å²) in [6, 6.07) is 10.9. The standard InChI is InChI=1S/C20H21N5O2/c1-13-6-11-19(26)25(24-13)15-9-7-14(8-10-15)22-20(27)18-12-21-16-4-2-3-5-17(16)23-18/h2-6,11-12,14-15H,7-10H2,1H3,(H,22,27). The number of benzene rings is 1. The van der Waals surface area contributed by atoms with Crippen LogP contribution >= 0.6 is 0 Å². The third kappa shape index (κ3) is 3.72. The van der Waals surface area contributed by atoms with E-state index in [9.17, 15) is 9.59 Å². The van der Waals surface area contributed by atoms with E-state index in [0.717, 1.165) is 36.9 Å². The Labute approximate surface area is 156 Å². The quantitative estimate of drug-likeness (QED) is 0.772. The summed E-state index contributed by atoms with van der Waals surface area (Å²) < 4.78 is 1.59. The second-order valence-corrected chi connectivity index (χ2v) is 6.98. The van der Waals surface area contributed by atoms with E-state index in [-0.39, 0.29) is 23.6 Å². The molecule has 1 aliphatic carbocycles. The Morgan fingerprint density at radius 1 is 1.07 bits per heavy atom. The first-order valence-electron chi connectivity index (χ1n) is 9.19. The normalized spacial score (nSPS) is 19.7. The molecular formula is C20H21N5O2. The number of hydrogen-bond donors (Lipinski definition) is 1. The van der Waals surface area contributed by atoms with Crippen LogP contribution in [0.4, 0.5) is 0 Å². The lowest BCUT2D eigenvalue weighted by atomic mass is 9.91. The molecule has 0 spiro atoms. The molecule has 1 N–H and O–H groups in total. The maximum atomic E-state index is 12.5. The van der Waals surface area contributed by atoms with Crippen LogP contribution in [-0.4, -0.2) is 31.7 Å². The summed E-state index contributed by atoms with van der Waals surface area (Å²) in [5, 5.41) is 7.41. The van der Waals surface area contributed by atoms with Crippen LogP contribution in [0.5, 0.6) is 0 Å². The molecule has 1 aliphatic rings. The largest absolute Gasteiger partial charge is 0.348 e. The summed E-state index contributed by atoms with van der Waals surface area (Å²) in [6.45, 7) is 1.88. The predicted octanol–water partition coefficient (Wildman–Crippen LogP) is 2.41. The lowest BCUT2D eigenvalue weighted by molar-refractivity contribution is 0.0916. The van der Waals surface area contributed by atoms with Gasteiger partial charge in [0.1, 0.15) is 5.69 Å². The maximum absolute atomic E-state index is 12.5. The average molecular weight is 363 g/mol. The second-order valence-electron chi connectivity index (χ2n) is 6.98. The molecular weight excluding hydrogens is 342 g/mol. The van der Waals surface area contributed by atoms with Crippen molar-refractivity contribution >= 4 is 16.9 Å². The molecule has 7 nitrogen and oxygen atoms in total. The highest BCUT2D eigenvalue weighted by Crippen LogP contribution is 2.27. The van der Waals surface area contributed by atoms with Crippen molar-refractivity contribution in [2.24, 2.45) is 0 Å². The van der Waals surface area contributed by atoms with Gasteiger partial charge in [0, 0.05) is 12.1 Å². The van der Waals surface area contributed by atoms with E-state index >= 15 is 0 Å². The summed E-state index contributed by atoms with van der Waals surface area (Å²) >= 11 is 0. The summed E-state index contributed by atoms with van der Waals surface area (Å²) in [6.07, 6.45) is 4.74. The minimum atomic E-state index is -0.206. The zero-order valence-corrected chi connectivity index (χ0v) is 15.1. The first kappa shape index (κ1) is 17.3. The number of aromatic nitrogens is 4. The molecule has 1 saturated carbocycles. The fourth-order valence-electron chi connectivity index (χ4n) is 3.57. The Kier molecular flexibility index (Phi) is 4.66. The third-order valence-corrected chi connectivity index (χ3v) is 5.02. The minimum Gasteiger partial charge on any atom is -0.348 e. The molecule has 1 fully saturated rings. The second kappa shape index (κ2) is 7.26. The van der Waals surface area contributed by atoms with Gasteiger partial charge in [-0.05, 0) is 50.8 Å². The first-order valence-corrected chi connectivity index (χ1v) is 9.19. The zero-order chi connectivity index (χ0) is 18.8. The van der Waals surface area contributed by atoms with Gasteiger partial charge in [-0.2, -0.15) is 5.10 Å². The van der Waals surface area contributed by atoms with Crippen molar-refractivity contribution in [2.45, 2.75) is 44.7 Å². The highest BCUT2D eigenvalue weighted by molar-refractivity contribution is 5.93. The molecule has 1 amide bonds. The zero-order valence-electron chi connectivity index (χ0n) is 15.1. The van der Waals surface area contributed by atoms with Crippen LogP contribution in [0.3, 0.4) is 0 Å². The number of aryl methyl sites for hydroxylation is 1.